The van der Waals surface area contributed by atoms with Gasteiger partial charge in [-0.1, -0.05) is 42.5 Å². The van der Waals surface area contributed by atoms with Gasteiger partial charge in [-0.3, -0.25) is 19.6 Å². The van der Waals surface area contributed by atoms with Gasteiger partial charge in [0.25, 0.3) is 0 Å². The van der Waals surface area contributed by atoms with Crippen molar-refractivity contribution in [1.29, 1.82) is 0 Å². The summed E-state index contributed by atoms with van der Waals surface area (Å²) in [6.45, 7) is 8.88. The number of carbonyl (C=O) groups is 1. The fourth-order valence-corrected chi connectivity index (χ4v) is 4.47. The van der Waals surface area contributed by atoms with Gasteiger partial charge in [-0.25, -0.2) is 0 Å². The number of carbonyl (C=O) groups excluding carboxylic acids is 1. The first-order valence-corrected chi connectivity index (χ1v) is 12.0. The number of amides is 1. The van der Waals surface area contributed by atoms with E-state index in [1.54, 1.807) is 7.05 Å². The molecule has 0 unspecified atom stereocenters. The fourth-order valence-electron chi connectivity index (χ4n) is 4.47. The van der Waals surface area contributed by atoms with Gasteiger partial charge in [0.1, 0.15) is 0 Å². The summed E-state index contributed by atoms with van der Waals surface area (Å²) >= 11 is 0. The number of anilines is 1. The number of aliphatic imine (C=N–C) groups is 1. The highest BCUT2D eigenvalue weighted by molar-refractivity contribution is 5.95. The van der Waals surface area contributed by atoms with Gasteiger partial charge >= 0.3 is 0 Å². The lowest BCUT2D eigenvalue weighted by Crippen LogP contribution is -2.48. The number of rotatable bonds is 8. The highest BCUT2D eigenvalue weighted by Crippen LogP contribution is 2.21. The lowest BCUT2D eigenvalue weighted by atomic mass is 10.2. The van der Waals surface area contributed by atoms with Gasteiger partial charge in [0.2, 0.25) is 5.91 Å². The van der Waals surface area contributed by atoms with E-state index < -0.39 is 0 Å². The first kappa shape index (κ1) is 23.3. The fraction of sp³-hybridized carbons (Fsp3) is 0.462. The third kappa shape index (κ3) is 6.79. The predicted molar refractivity (Wildman–Crippen MR) is 134 cm³/mol. The molecule has 2 N–H and O–H groups in total. The molecule has 33 heavy (non-hydrogen) atoms. The van der Waals surface area contributed by atoms with Crippen molar-refractivity contribution in [3.05, 3.63) is 65.7 Å². The number of nitrogens with zero attached hydrogens (tertiary/aromatic N) is 4. The predicted octanol–water partition coefficient (Wildman–Crippen LogP) is 2.30. The van der Waals surface area contributed by atoms with Crippen molar-refractivity contribution in [2.75, 3.05) is 57.8 Å². The molecule has 2 aromatic carbocycles. The molecule has 1 amide bonds. The monoisotopic (exact) mass is 448 g/mol. The molecule has 0 saturated carbocycles. The van der Waals surface area contributed by atoms with Gasteiger partial charge in [0, 0.05) is 78.1 Å². The van der Waals surface area contributed by atoms with Crippen molar-refractivity contribution in [3.63, 3.8) is 0 Å². The Bertz CT molecular complexity index is 906. The number of hydrogen-bond donors (Lipinski definition) is 2. The quantitative estimate of drug-likeness (QED) is 0.479. The molecule has 7 heteroatoms. The molecule has 0 spiro atoms. The molecule has 176 valence electrons. The molecule has 0 bridgehead atoms. The molecule has 2 aliphatic heterocycles. The highest BCUT2D eigenvalue weighted by atomic mass is 16.2. The summed E-state index contributed by atoms with van der Waals surface area (Å²) in [5.41, 5.74) is 3.55. The third-order valence-electron chi connectivity index (χ3n) is 6.44. The van der Waals surface area contributed by atoms with Gasteiger partial charge in [-0.2, -0.15) is 0 Å². The van der Waals surface area contributed by atoms with Crippen molar-refractivity contribution in [2.24, 2.45) is 4.99 Å². The highest BCUT2D eigenvalue weighted by Gasteiger charge is 2.21. The van der Waals surface area contributed by atoms with Crippen LogP contribution in [0.4, 0.5) is 5.69 Å². The number of guanidine groups is 1. The molecular formula is C26H36N6O. The minimum atomic E-state index is 0.225. The summed E-state index contributed by atoms with van der Waals surface area (Å²) in [7, 11) is 1.81. The molecule has 7 nitrogen and oxygen atoms in total. The normalized spacial score (nSPS) is 18.0. The van der Waals surface area contributed by atoms with Crippen LogP contribution in [0.3, 0.4) is 0 Å². The largest absolute Gasteiger partial charge is 0.355 e. The number of piperazine rings is 1. The van der Waals surface area contributed by atoms with E-state index in [2.05, 4.69) is 67.9 Å². The smallest absolute Gasteiger partial charge is 0.227 e. The Hall–Kier alpha value is -2.90. The molecule has 4 rings (SSSR count). The van der Waals surface area contributed by atoms with E-state index in [9.17, 15) is 4.79 Å². The van der Waals surface area contributed by atoms with Crippen molar-refractivity contribution < 1.29 is 4.79 Å². The van der Waals surface area contributed by atoms with E-state index in [1.165, 1.54) is 11.1 Å². The molecule has 2 fully saturated rings. The zero-order chi connectivity index (χ0) is 22.9. The maximum Gasteiger partial charge on any atom is 0.227 e. The van der Waals surface area contributed by atoms with E-state index in [1.807, 2.05) is 17.0 Å². The van der Waals surface area contributed by atoms with Crippen molar-refractivity contribution in [2.45, 2.75) is 25.9 Å². The molecule has 0 atom stereocenters. The lowest BCUT2D eigenvalue weighted by molar-refractivity contribution is -0.117. The van der Waals surface area contributed by atoms with Crippen molar-refractivity contribution in [1.82, 2.24) is 20.4 Å². The summed E-state index contributed by atoms with van der Waals surface area (Å²) in [4.78, 5) is 23.2. The molecule has 2 saturated heterocycles. The Kier molecular flexibility index (Phi) is 8.33. The molecular weight excluding hydrogens is 412 g/mol. The topological polar surface area (TPSA) is 63.2 Å². The standard InChI is InChI=1S/C26H36N6O/c1-27-26(29-20-22-9-11-24(12-10-22)32-14-5-8-25(32)33)28-13-15-30-16-18-31(19-17-30)21-23-6-3-2-4-7-23/h2-4,6-7,9-12H,5,8,13-21H2,1H3,(H2,27,28,29). The number of hydrogen-bond acceptors (Lipinski definition) is 4. The summed E-state index contributed by atoms with van der Waals surface area (Å²) < 4.78 is 0. The van der Waals surface area contributed by atoms with Crippen LogP contribution in [-0.2, 0) is 17.9 Å². The van der Waals surface area contributed by atoms with Crippen LogP contribution in [0.1, 0.15) is 24.0 Å². The molecule has 0 aliphatic carbocycles. The van der Waals surface area contributed by atoms with Gasteiger partial charge < -0.3 is 15.5 Å². The SMILES string of the molecule is CN=C(NCCN1CCN(Cc2ccccc2)CC1)NCc1ccc(N2CCCC2=O)cc1. The van der Waals surface area contributed by atoms with Crippen LogP contribution in [0, 0.1) is 0 Å². The van der Waals surface area contributed by atoms with Crippen LogP contribution in [-0.4, -0.2) is 74.5 Å². The summed E-state index contributed by atoms with van der Waals surface area (Å²) in [6, 6.07) is 18.9. The number of benzene rings is 2. The van der Waals surface area contributed by atoms with E-state index in [0.717, 1.165) is 70.4 Å². The lowest BCUT2D eigenvalue weighted by Gasteiger charge is -2.34. The van der Waals surface area contributed by atoms with Gasteiger partial charge in [0.05, 0.1) is 0 Å². The maximum atomic E-state index is 11.9. The third-order valence-corrected chi connectivity index (χ3v) is 6.44. The Morgan fingerprint density at radius 2 is 1.61 bits per heavy atom. The second-order valence-corrected chi connectivity index (χ2v) is 8.77. The second-order valence-electron chi connectivity index (χ2n) is 8.77. The molecule has 2 heterocycles. The number of nitrogens with one attached hydrogen (secondary N) is 2. The van der Waals surface area contributed by atoms with Gasteiger partial charge in [-0.05, 0) is 29.7 Å². The summed E-state index contributed by atoms with van der Waals surface area (Å²) in [5.74, 6) is 1.04. The van der Waals surface area contributed by atoms with E-state index in [-0.39, 0.29) is 5.91 Å². The van der Waals surface area contributed by atoms with E-state index in [0.29, 0.717) is 13.0 Å². The molecule has 2 aromatic rings. The maximum absolute atomic E-state index is 11.9. The van der Waals surface area contributed by atoms with Crippen LogP contribution in [0.25, 0.3) is 0 Å². The Morgan fingerprint density at radius 1 is 0.879 bits per heavy atom. The Balaban J connectivity index is 1.13. The summed E-state index contributed by atoms with van der Waals surface area (Å²) in [6.07, 6.45) is 1.61. The average molecular weight is 449 g/mol. The van der Waals surface area contributed by atoms with Gasteiger partial charge in [0.15, 0.2) is 5.96 Å². The van der Waals surface area contributed by atoms with Crippen molar-refractivity contribution in [3.8, 4) is 0 Å². The second kappa shape index (κ2) is 11.8. The molecule has 2 aliphatic rings. The van der Waals surface area contributed by atoms with Crippen LogP contribution in [0.2, 0.25) is 0 Å². The van der Waals surface area contributed by atoms with Gasteiger partial charge in [-0.15, -0.1) is 0 Å². The zero-order valence-electron chi connectivity index (χ0n) is 19.7. The average Bonchev–Trinajstić information content (AvgIpc) is 3.29. The Morgan fingerprint density at radius 3 is 2.27 bits per heavy atom. The van der Waals surface area contributed by atoms with Crippen LogP contribution < -0.4 is 15.5 Å². The van der Waals surface area contributed by atoms with Crippen LogP contribution in [0.5, 0.6) is 0 Å². The minimum absolute atomic E-state index is 0.225. The minimum Gasteiger partial charge on any atom is -0.355 e. The Labute approximate surface area is 197 Å². The first-order chi connectivity index (χ1) is 16.2. The molecule has 0 aromatic heterocycles. The van der Waals surface area contributed by atoms with E-state index in [4.69, 9.17) is 0 Å². The van der Waals surface area contributed by atoms with Crippen molar-refractivity contribution >= 4 is 17.6 Å². The molecule has 0 radical (unpaired) electrons. The van der Waals surface area contributed by atoms with E-state index >= 15 is 0 Å². The van der Waals surface area contributed by atoms with Crippen LogP contribution in [0.15, 0.2) is 59.6 Å². The first-order valence-electron chi connectivity index (χ1n) is 12.0. The van der Waals surface area contributed by atoms with Crippen LogP contribution >= 0.6 is 0 Å². The zero-order valence-corrected chi connectivity index (χ0v) is 19.7. The summed E-state index contributed by atoms with van der Waals surface area (Å²) in [5, 5.41) is 6.82.